The van der Waals surface area contributed by atoms with Crippen molar-refractivity contribution in [2.75, 3.05) is 26.2 Å². The number of para-hydroxylation sites is 3. The van der Waals surface area contributed by atoms with Crippen LogP contribution in [0.5, 0.6) is 0 Å². The summed E-state index contributed by atoms with van der Waals surface area (Å²) in [6, 6.07) is 22.6. The number of carbonyl (C=O) groups excluding carboxylic acids is 1. The number of hydrogen-bond acceptors (Lipinski definition) is 4. The van der Waals surface area contributed by atoms with Crippen LogP contribution in [-0.2, 0) is 21.2 Å². The van der Waals surface area contributed by atoms with Crippen molar-refractivity contribution in [1.82, 2.24) is 18.8 Å². The van der Waals surface area contributed by atoms with Gasteiger partial charge >= 0.3 is 0 Å². The van der Waals surface area contributed by atoms with Crippen LogP contribution in [0.4, 0.5) is 4.39 Å². The quantitative estimate of drug-likeness (QED) is 0.412. The standard InChI is InChI=1S/C26H25FN4O3S/c27-20-10-12-22(13-11-20)35(33,34)30-18-16-29(17-19-30)26(32)15-14-25-28-23-8-4-5-9-24(23)31(25)21-6-2-1-3-7-21/h1-13H,14-19H2. The molecule has 9 heteroatoms. The molecule has 0 saturated carbocycles. The van der Waals surface area contributed by atoms with Crippen LogP contribution in [0.2, 0.25) is 0 Å². The minimum atomic E-state index is -3.72. The van der Waals surface area contributed by atoms with E-state index in [9.17, 15) is 17.6 Å². The lowest BCUT2D eigenvalue weighted by Gasteiger charge is -2.34. The Morgan fingerprint density at radius 2 is 1.51 bits per heavy atom. The van der Waals surface area contributed by atoms with Crippen LogP contribution in [-0.4, -0.2) is 59.3 Å². The smallest absolute Gasteiger partial charge is 0.243 e. The molecule has 180 valence electrons. The third-order valence-electron chi connectivity index (χ3n) is 6.25. The van der Waals surface area contributed by atoms with E-state index in [1.807, 2.05) is 54.6 Å². The highest BCUT2D eigenvalue weighted by Crippen LogP contribution is 2.23. The molecule has 0 radical (unpaired) electrons. The maximum absolute atomic E-state index is 13.2. The first kappa shape index (κ1) is 23.2. The Morgan fingerprint density at radius 1 is 0.857 bits per heavy atom. The van der Waals surface area contributed by atoms with Crippen molar-refractivity contribution in [3.05, 3.63) is 90.5 Å². The molecule has 0 atom stereocenters. The molecular formula is C26H25FN4O3S. The largest absolute Gasteiger partial charge is 0.340 e. The first-order valence-corrected chi connectivity index (χ1v) is 12.9. The third-order valence-corrected chi connectivity index (χ3v) is 8.16. The van der Waals surface area contributed by atoms with E-state index >= 15 is 0 Å². The fourth-order valence-corrected chi connectivity index (χ4v) is 5.84. The fraction of sp³-hybridized carbons (Fsp3) is 0.231. The Kier molecular flexibility index (Phi) is 6.36. The lowest BCUT2D eigenvalue weighted by atomic mass is 10.2. The summed E-state index contributed by atoms with van der Waals surface area (Å²) < 4.78 is 42.3. The molecule has 0 spiro atoms. The average Bonchev–Trinajstić information content (AvgIpc) is 3.26. The maximum atomic E-state index is 13.2. The summed E-state index contributed by atoms with van der Waals surface area (Å²) in [5, 5.41) is 0. The van der Waals surface area contributed by atoms with E-state index in [1.165, 1.54) is 16.4 Å². The number of aryl methyl sites for hydroxylation is 1. The zero-order valence-corrected chi connectivity index (χ0v) is 19.9. The van der Waals surface area contributed by atoms with Crippen molar-refractivity contribution < 1.29 is 17.6 Å². The SMILES string of the molecule is O=C(CCc1nc2ccccc2n1-c1ccccc1)N1CCN(S(=O)(=O)c2ccc(F)cc2)CC1. The number of benzene rings is 3. The Balaban J connectivity index is 1.26. The molecule has 35 heavy (non-hydrogen) atoms. The summed E-state index contributed by atoms with van der Waals surface area (Å²) >= 11 is 0. The molecule has 4 aromatic rings. The fourth-order valence-electron chi connectivity index (χ4n) is 4.42. The minimum absolute atomic E-state index is 0.0319. The van der Waals surface area contributed by atoms with Crippen molar-refractivity contribution in [3.63, 3.8) is 0 Å². The van der Waals surface area contributed by atoms with E-state index in [4.69, 9.17) is 4.98 Å². The number of rotatable bonds is 6. The topological polar surface area (TPSA) is 75.5 Å². The molecule has 7 nitrogen and oxygen atoms in total. The second-order valence-corrected chi connectivity index (χ2v) is 10.4. The molecule has 3 aromatic carbocycles. The number of piperazine rings is 1. The Morgan fingerprint density at radius 3 is 2.23 bits per heavy atom. The number of nitrogens with zero attached hydrogens (tertiary/aromatic N) is 4. The molecule has 5 rings (SSSR count). The normalized spacial score (nSPS) is 14.9. The van der Waals surface area contributed by atoms with Gasteiger partial charge in [-0.25, -0.2) is 17.8 Å². The predicted molar refractivity (Wildman–Crippen MR) is 131 cm³/mol. The van der Waals surface area contributed by atoms with Crippen molar-refractivity contribution in [2.45, 2.75) is 17.7 Å². The van der Waals surface area contributed by atoms with E-state index in [0.717, 1.165) is 34.7 Å². The summed E-state index contributed by atoms with van der Waals surface area (Å²) in [7, 11) is -3.72. The Hall–Kier alpha value is -3.56. The van der Waals surface area contributed by atoms with E-state index in [-0.39, 0.29) is 30.3 Å². The third kappa shape index (κ3) is 4.69. The van der Waals surface area contributed by atoms with Crippen LogP contribution < -0.4 is 0 Å². The van der Waals surface area contributed by atoms with Crippen molar-refractivity contribution in [1.29, 1.82) is 0 Å². The van der Waals surface area contributed by atoms with Gasteiger partial charge in [0.05, 0.1) is 15.9 Å². The first-order valence-electron chi connectivity index (χ1n) is 11.5. The molecule has 0 N–H and O–H groups in total. The highest BCUT2D eigenvalue weighted by Gasteiger charge is 2.30. The summed E-state index contributed by atoms with van der Waals surface area (Å²) in [6.45, 7) is 1.03. The van der Waals surface area contributed by atoms with Gasteiger partial charge in [-0.15, -0.1) is 0 Å². The van der Waals surface area contributed by atoms with Gasteiger partial charge in [0.1, 0.15) is 11.6 Å². The molecular weight excluding hydrogens is 467 g/mol. The number of imidazole rings is 1. The van der Waals surface area contributed by atoms with E-state index in [0.29, 0.717) is 19.5 Å². The number of fused-ring (bicyclic) bond motifs is 1. The molecule has 1 aliphatic heterocycles. The second-order valence-electron chi connectivity index (χ2n) is 8.43. The predicted octanol–water partition coefficient (Wildman–Crippen LogP) is 3.63. The van der Waals surface area contributed by atoms with Crippen molar-refractivity contribution in [3.8, 4) is 5.69 Å². The lowest BCUT2D eigenvalue weighted by Crippen LogP contribution is -2.50. The summed E-state index contributed by atoms with van der Waals surface area (Å²) in [4.78, 5) is 19.5. The molecule has 0 bridgehead atoms. The van der Waals surface area contributed by atoms with Gasteiger partial charge < -0.3 is 4.90 Å². The van der Waals surface area contributed by atoms with Crippen molar-refractivity contribution >= 4 is 27.0 Å². The van der Waals surface area contributed by atoms with Gasteiger partial charge in [-0.2, -0.15) is 4.31 Å². The number of hydrogen-bond donors (Lipinski definition) is 0. The molecule has 1 amide bonds. The van der Waals surface area contributed by atoms with Gasteiger partial charge in [0, 0.05) is 44.7 Å². The van der Waals surface area contributed by atoms with Crippen LogP contribution in [0.15, 0.2) is 83.8 Å². The van der Waals surface area contributed by atoms with Gasteiger partial charge in [-0.1, -0.05) is 30.3 Å². The van der Waals surface area contributed by atoms with Crippen molar-refractivity contribution in [2.24, 2.45) is 0 Å². The summed E-state index contributed by atoms with van der Waals surface area (Å²) in [5.74, 6) is 0.291. The van der Waals surface area contributed by atoms with E-state index in [2.05, 4.69) is 4.57 Å². The molecule has 1 fully saturated rings. The Bertz CT molecular complexity index is 1450. The summed E-state index contributed by atoms with van der Waals surface area (Å²) in [5.41, 5.74) is 2.85. The first-order chi connectivity index (χ1) is 16.9. The van der Waals surface area contributed by atoms with Gasteiger partial charge in [0.2, 0.25) is 15.9 Å². The Labute approximate surface area is 203 Å². The molecule has 0 aliphatic carbocycles. The number of amides is 1. The van der Waals surface area contributed by atoms with Gasteiger partial charge in [0.25, 0.3) is 0 Å². The monoisotopic (exact) mass is 492 g/mol. The van der Waals surface area contributed by atoms with Crippen LogP contribution in [0, 0.1) is 5.82 Å². The average molecular weight is 493 g/mol. The van der Waals surface area contributed by atoms with E-state index < -0.39 is 15.8 Å². The van der Waals surface area contributed by atoms with Gasteiger partial charge in [-0.3, -0.25) is 9.36 Å². The minimum Gasteiger partial charge on any atom is -0.340 e. The molecule has 1 saturated heterocycles. The van der Waals surface area contributed by atoms with Crippen LogP contribution in [0.1, 0.15) is 12.2 Å². The number of halogens is 1. The maximum Gasteiger partial charge on any atom is 0.243 e. The van der Waals surface area contributed by atoms with Crippen LogP contribution in [0.3, 0.4) is 0 Å². The number of sulfonamides is 1. The molecule has 1 aliphatic rings. The highest BCUT2D eigenvalue weighted by atomic mass is 32.2. The van der Waals surface area contributed by atoms with Gasteiger partial charge in [-0.05, 0) is 48.5 Å². The molecule has 2 heterocycles. The zero-order valence-electron chi connectivity index (χ0n) is 19.0. The summed E-state index contributed by atoms with van der Waals surface area (Å²) in [6.07, 6.45) is 0.747. The molecule has 0 unspecified atom stereocenters. The zero-order chi connectivity index (χ0) is 24.4. The van der Waals surface area contributed by atoms with E-state index in [1.54, 1.807) is 4.90 Å². The van der Waals surface area contributed by atoms with Crippen LogP contribution in [0.25, 0.3) is 16.7 Å². The van der Waals surface area contributed by atoms with Crippen LogP contribution >= 0.6 is 0 Å². The number of aromatic nitrogens is 2. The molecule has 1 aromatic heterocycles. The highest BCUT2D eigenvalue weighted by molar-refractivity contribution is 7.89. The number of carbonyl (C=O) groups is 1. The lowest BCUT2D eigenvalue weighted by molar-refractivity contribution is -0.132. The second kappa shape index (κ2) is 9.59. The van der Waals surface area contributed by atoms with Gasteiger partial charge in [0.15, 0.2) is 0 Å².